The Labute approximate surface area is 65.7 Å². The van der Waals surface area contributed by atoms with Crippen molar-refractivity contribution in [1.82, 2.24) is 5.32 Å². The predicted octanol–water partition coefficient (Wildman–Crippen LogP) is 0.829. The lowest BCUT2D eigenvalue weighted by Crippen LogP contribution is -2.45. The number of hydrogen-bond acceptors (Lipinski definition) is 3. The van der Waals surface area contributed by atoms with Crippen LogP contribution in [0.15, 0.2) is 0 Å². The van der Waals surface area contributed by atoms with Crippen LogP contribution in [0.4, 0.5) is 0 Å². The molecule has 2 aliphatic heterocycles. The Balaban J connectivity index is 1.98. The second kappa shape index (κ2) is 2.72. The van der Waals surface area contributed by atoms with E-state index in [-0.39, 0.29) is 5.72 Å². The van der Waals surface area contributed by atoms with Gasteiger partial charge < -0.3 is 4.74 Å². The maximum absolute atomic E-state index is 5.65. The van der Waals surface area contributed by atoms with Gasteiger partial charge in [0.2, 0.25) is 0 Å². The third-order valence-electron chi connectivity index (χ3n) is 2.13. The molecule has 0 amide bonds. The first kappa shape index (κ1) is 6.95. The van der Waals surface area contributed by atoms with E-state index in [1.54, 1.807) is 0 Å². The maximum Gasteiger partial charge on any atom is 0.128 e. The molecule has 0 radical (unpaired) electrons. The molecule has 3 heteroatoms. The Hall–Kier alpha value is 0.270. The predicted molar refractivity (Wildman–Crippen MR) is 43.2 cm³/mol. The quantitative estimate of drug-likeness (QED) is 0.565. The minimum atomic E-state index is 0.0862. The van der Waals surface area contributed by atoms with Crippen molar-refractivity contribution in [2.45, 2.75) is 18.6 Å². The minimum Gasteiger partial charge on any atom is -0.358 e. The van der Waals surface area contributed by atoms with Gasteiger partial charge in [0.25, 0.3) is 0 Å². The van der Waals surface area contributed by atoms with Gasteiger partial charge in [0, 0.05) is 12.3 Å². The zero-order chi connectivity index (χ0) is 6.86. The van der Waals surface area contributed by atoms with E-state index in [1.165, 1.54) is 18.6 Å². The summed E-state index contributed by atoms with van der Waals surface area (Å²) >= 11 is 2.00. The molecule has 0 aromatic carbocycles. The highest BCUT2D eigenvalue weighted by Crippen LogP contribution is 2.29. The average Bonchev–Trinajstić information content (AvgIpc) is 2.39. The van der Waals surface area contributed by atoms with Crippen LogP contribution in [-0.4, -0.2) is 30.4 Å². The number of ether oxygens (including phenoxy) is 1. The van der Waals surface area contributed by atoms with E-state index in [2.05, 4.69) is 5.32 Å². The fourth-order valence-corrected chi connectivity index (χ4v) is 2.75. The summed E-state index contributed by atoms with van der Waals surface area (Å²) in [5.41, 5.74) is 0.0862. The van der Waals surface area contributed by atoms with Crippen LogP contribution in [0.2, 0.25) is 0 Å². The van der Waals surface area contributed by atoms with Crippen LogP contribution in [-0.2, 0) is 4.74 Å². The molecule has 1 atom stereocenters. The molecule has 2 rings (SSSR count). The third kappa shape index (κ3) is 1.18. The molecule has 0 saturated carbocycles. The van der Waals surface area contributed by atoms with Crippen molar-refractivity contribution in [3.05, 3.63) is 0 Å². The summed E-state index contributed by atoms with van der Waals surface area (Å²) in [4.78, 5) is 0. The van der Waals surface area contributed by atoms with Crippen molar-refractivity contribution in [2.24, 2.45) is 0 Å². The molecule has 0 aromatic rings. The van der Waals surface area contributed by atoms with E-state index in [0.29, 0.717) is 0 Å². The van der Waals surface area contributed by atoms with Gasteiger partial charge in [-0.25, -0.2) is 0 Å². The minimum absolute atomic E-state index is 0.0862. The Bertz CT molecular complexity index is 115. The first-order valence-corrected chi connectivity index (χ1v) is 5.04. The first-order chi connectivity index (χ1) is 4.91. The van der Waals surface area contributed by atoms with Crippen LogP contribution in [0, 0.1) is 0 Å². The molecule has 0 aromatic heterocycles. The number of hydrogen-bond donors (Lipinski definition) is 1. The van der Waals surface area contributed by atoms with Crippen molar-refractivity contribution in [3.63, 3.8) is 0 Å². The van der Waals surface area contributed by atoms with Gasteiger partial charge in [0.1, 0.15) is 5.72 Å². The fraction of sp³-hybridized carbons (Fsp3) is 1.00. The molecule has 2 aliphatic rings. The highest BCUT2D eigenvalue weighted by molar-refractivity contribution is 7.99. The summed E-state index contributed by atoms with van der Waals surface area (Å²) in [7, 11) is 0. The highest BCUT2D eigenvalue weighted by atomic mass is 32.2. The van der Waals surface area contributed by atoms with E-state index in [1.807, 2.05) is 11.8 Å². The molecule has 2 heterocycles. The molecule has 58 valence electrons. The lowest BCUT2D eigenvalue weighted by Gasteiger charge is -2.31. The van der Waals surface area contributed by atoms with Crippen molar-refractivity contribution in [3.8, 4) is 0 Å². The highest BCUT2D eigenvalue weighted by Gasteiger charge is 2.35. The first-order valence-electron chi connectivity index (χ1n) is 3.88. The van der Waals surface area contributed by atoms with Gasteiger partial charge in [-0.2, -0.15) is 11.8 Å². The molecule has 1 unspecified atom stereocenters. The van der Waals surface area contributed by atoms with Gasteiger partial charge in [0.05, 0.1) is 6.61 Å². The van der Waals surface area contributed by atoms with Crippen molar-refractivity contribution in [2.75, 3.05) is 24.7 Å². The van der Waals surface area contributed by atoms with Gasteiger partial charge in [-0.3, -0.25) is 5.32 Å². The van der Waals surface area contributed by atoms with Crippen molar-refractivity contribution >= 4 is 11.8 Å². The normalized spacial score (nSPS) is 40.8. The Kier molecular flexibility index (Phi) is 1.89. The van der Waals surface area contributed by atoms with Crippen LogP contribution in [0.25, 0.3) is 0 Å². The number of nitrogens with one attached hydrogen (secondary N) is 1. The molecule has 0 bridgehead atoms. The molecule has 0 aliphatic carbocycles. The van der Waals surface area contributed by atoms with Gasteiger partial charge in [-0.1, -0.05) is 0 Å². The molecule has 1 spiro atoms. The SMILES string of the molecule is C1CSCC2(C1)NCCO2. The Morgan fingerprint density at radius 3 is 3.10 bits per heavy atom. The fourth-order valence-electron chi connectivity index (χ4n) is 1.60. The summed E-state index contributed by atoms with van der Waals surface area (Å²) in [6.45, 7) is 1.95. The van der Waals surface area contributed by atoms with Crippen LogP contribution in [0.1, 0.15) is 12.8 Å². The van der Waals surface area contributed by atoms with E-state index < -0.39 is 0 Å². The smallest absolute Gasteiger partial charge is 0.128 e. The number of thioether (sulfide) groups is 1. The van der Waals surface area contributed by atoms with Crippen LogP contribution in [0.5, 0.6) is 0 Å². The lowest BCUT2D eigenvalue weighted by molar-refractivity contribution is 0.00124. The second-order valence-corrected chi connectivity index (χ2v) is 4.03. The molecule has 2 fully saturated rings. The summed E-state index contributed by atoms with van der Waals surface area (Å²) < 4.78 is 5.65. The molecule has 2 nitrogen and oxygen atoms in total. The summed E-state index contributed by atoms with van der Waals surface area (Å²) in [5, 5.41) is 3.43. The Morgan fingerprint density at radius 2 is 2.50 bits per heavy atom. The molecule has 2 saturated heterocycles. The largest absolute Gasteiger partial charge is 0.358 e. The van der Waals surface area contributed by atoms with Crippen LogP contribution in [0.3, 0.4) is 0 Å². The van der Waals surface area contributed by atoms with Crippen LogP contribution >= 0.6 is 11.8 Å². The zero-order valence-corrected chi connectivity index (χ0v) is 6.88. The van der Waals surface area contributed by atoms with E-state index in [9.17, 15) is 0 Å². The number of rotatable bonds is 0. The van der Waals surface area contributed by atoms with Gasteiger partial charge in [-0.15, -0.1) is 0 Å². The summed E-state index contributed by atoms with van der Waals surface area (Å²) in [6, 6.07) is 0. The molecule has 10 heavy (non-hydrogen) atoms. The van der Waals surface area contributed by atoms with E-state index in [0.717, 1.165) is 18.9 Å². The summed E-state index contributed by atoms with van der Waals surface area (Å²) in [6.07, 6.45) is 2.51. The lowest BCUT2D eigenvalue weighted by atomic mass is 10.1. The van der Waals surface area contributed by atoms with E-state index in [4.69, 9.17) is 4.74 Å². The molecule has 1 N–H and O–H groups in total. The molecular weight excluding hydrogens is 146 g/mol. The van der Waals surface area contributed by atoms with Crippen molar-refractivity contribution in [1.29, 1.82) is 0 Å². The van der Waals surface area contributed by atoms with Crippen LogP contribution < -0.4 is 5.32 Å². The monoisotopic (exact) mass is 159 g/mol. The van der Waals surface area contributed by atoms with Gasteiger partial charge in [-0.05, 0) is 18.6 Å². The third-order valence-corrected chi connectivity index (χ3v) is 3.38. The van der Waals surface area contributed by atoms with E-state index >= 15 is 0 Å². The standard InChI is InChI=1S/C7H13NOS/c1-2-7(6-10-5-1)8-3-4-9-7/h8H,1-6H2. The van der Waals surface area contributed by atoms with Gasteiger partial charge in [0.15, 0.2) is 0 Å². The summed E-state index contributed by atoms with van der Waals surface area (Å²) in [5.74, 6) is 2.46. The second-order valence-electron chi connectivity index (χ2n) is 2.93. The van der Waals surface area contributed by atoms with Gasteiger partial charge >= 0.3 is 0 Å². The van der Waals surface area contributed by atoms with Crippen molar-refractivity contribution < 1.29 is 4.74 Å². The topological polar surface area (TPSA) is 21.3 Å². The average molecular weight is 159 g/mol. The zero-order valence-electron chi connectivity index (χ0n) is 6.06. The Morgan fingerprint density at radius 1 is 1.50 bits per heavy atom. The maximum atomic E-state index is 5.65. The molecular formula is C7H13NOS.